The monoisotopic (exact) mass is 414 g/mol. The smallest absolute Gasteiger partial charge is 0.419 e. The van der Waals surface area contributed by atoms with Gasteiger partial charge in [0.1, 0.15) is 5.82 Å². The number of rotatable bonds is 4. The molecule has 28 heavy (non-hydrogen) atoms. The Balaban J connectivity index is 1.84. The lowest BCUT2D eigenvalue weighted by Gasteiger charge is -2.11. The van der Waals surface area contributed by atoms with E-state index in [0.717, 1.165) is 17.4 Å². The molecule has 0 radical (unpaired) electrons. The molecule has 0 aliphatic carbocycles. The van der Waals surface area contributed by atoms with Gasteiger partial charge in [0.2, 0.25) is 5.75 Å². The Kier molecular flexibility index (Phi) is 5.14. The van der Waals surface area contributed by atoms with Gasteiger partial charge in [0.05, 0.1) is 5.56 Å². The van der Waals surface area contributed by atoms with Crippen LogP contribution in [0.15, 0.2) is 34.6 Å². The summed E-state index contributed by atoms with van der Waals surface area (Å²) in [7, 11) is 0. The molecule has 1 aromatic carbocycles. The number of hydrogen-bond donors (Lipinski definition) is 3. The van der Waals surface area contributed by atoms with Crippen molar-refractivity contribution in [2.24, 2.45) is 0 Å². The highest BCUT2D eigenvalue weighted by molar-refractivity contribution is 7.13. The molecule has 0 unspecified atom stereocenters. The van der Waals surface area contributed by atoms with Crippen LogP contribution >= 0.6 is 11.3 Å². The van der Waals surface area contributed by atoms with Crippen molar-refractivity contribution in [3.05, 3.63) is 62.8 Å². The van der Waals surface area contributed by atoms with Crippen LogP contribution in [0.3, 0.4) is 0 Å². The number of carbonyl (C=O) groups excluding carboxylic acids is 1. The van der Waals surface area contributed by atoms with E-state index in [0.29, 0.717) is 17.1 Å². The number of nitrogens with one attached hydrogen (secondary N) is 2. The maximum Gasteiger partial charge on any atom is 0.419 e. The van der Waals surface area contributed by atoms with Crippen molar-refractivity contribution in [1.29, 1.82) is 0 Å². The number of H-pyrrole nitrogens is 1. The van der Waals surface area contributed by atoms with Crippen molar-refractivity contribution in [3.8, 4) is 16.6 Å². The molecule has 0 fully saturated rings. The molecule has 0 saturated carbocycles. The molecule has 0 aliphatic rings. The van der Waals surface area contributed by atoms with E-state index in [2.05, 4.69) is 20.3 Å². The molecule has 12 heteroatoms. The molecule has 0 aliphatic heterocycles. The molecular weight excluding hydrogens is 404 g/mol. The van der Waals surface area contributed by atoms with E-state index in [1.165, 1.54) is 6.20 Å². The van der Waals surface area contributed by atoms with Gasteiger partial charge in [-0.3, -0.25) is 9.59 Å². The van der Waals surface area contributed by atoms with Crippen molar-refractivity contribution in [2.75, 3.05) is 0 Å². The van der Waals surface area contributed by atoms with Crippen molar-refractivity contribution in [1.82, 2.24) is 20.3 Å². The molecule has 0 saturated heterocycles. The van der Waals surface area contributed by atoms with Crippen molar-refractivity contribution < 1.29 is 27.5 Å². The topological polar surface area (TPSA) is 108 Å². The number of aromatic nitrogens is 3. The van der Waals surface area contributed by atoms with E-state index in [1.807, 2.05) is 0 Å². The first-order valence-electron chi connectivity index (χ1n) is 7.54. The predicted octanol–water partition coefficient (Wildman–Crippen LogP) is 2.69. The van der Waals surface area contributed by atoms with Crippen molar-refractivity contribution in [3.63, 3.8) is 0 Å². The SMILES string of the molecule is O=C(NCc1ccc(F)c(C(F)(F)F)c1)c1nc(-c2nccs2)[nH]c(=O)c1O. The molecular formula is C16H10F4N4O3S. The van der Waals surface area contributed by atoms with Gasteiger partial charge in [0.15, 0.2) is 16.5 Å². The van der Waals surface area contributed by atoms with Crippen LogP contribution in [0, 0.1) is 5.82 Å². The molecule has 2 aromatic heterocycles. The highest BCUT2D eigenvalue weighted by atomic mass is 32.1. The fraction of sp³-hybridized carbons (Fsp3) is 0.125. The van der Waals surface area contributed by atoms with Crippen LogP contribution in [0.5, 0.6) is 5.75 Å². The minimum absolute atomic E-state index is 0.0356. The average Bonchev–Trinajstić information content (AvgIpc) is 3.16. The van der Waals surface area contributed by atoms with Crippen LogP contribution in [0.1, 0.15) is 21.6 Å². The Labute approximate surface area is 157 Å². The van der Waals surface area contributed by atoms with Crippen molar-refractivity contribution >= 4 is 17.2 Å². The number of thiazole rings is 1. The highest BCUT2D eigenvalue weighted by Crippen LogP contribution is 2.31. The predicted molar refractivity (Wildman–Crippen MR) is 90.2 cm³/mol. The lowest BCUT2D eigenvalue weighted by Crippen LogP contribution is -2.27. The zero-order chi connectivity index (χ0) is 20.5. The Bertz CT molecular complexity index is 1080. The molecule has 2 heterocycles. The van der Waals surface area contributed by atoms with Gasteiger partial charge in [0, 0.05) is 18.1 Å². The molecule has 0 spiro atoms. The molecule has 3 N–H and O–H groups in total. The summed E-state index contributed by atoms with van der Waals surface area (Å²) in [6.07, 6.45) is -3.45. The Morgan fingerprint density at radius 3 is 2.71 bits per heavy atom. The Hall–Kier alpha value is -3.28. The second-order valence-corrected chi connectivity index (χ2v) is 6.34. The van der Waals surface area contributed by atoms with Gasteiger partial charge >= 0.3 is 6.18 Å². The molecule has 146 valence electrons. The van der Waals surface area contributed by atoms with Crippen LogP contribution in [0.4, 0.5) is 17.6 Å². The van der Waals surface area contributed by atoms with E-state index < -0.39 is 47.0 Å². The molecule has 0 bridgehead atoms. The number of halogens is 4. The third-order valence-electron chi connectivity index (χ3n) is 3.53. The number of alkyl halides is 3. The number of carbonyl (C=O) groups is 1. The van der Waals surface area contributed by atoms with Gasteiger partial charge in [-0.05, 0) is 17.7 Å². The third-order valence-corrected chi connectivity index (χ3v) is 4.31. The maximum atomic E-state index is 13.3. The van der Waals surface area contributed by atoms with Gasteiger partial charge in [-0.25, -0.2) is 14.4 Å². The summed E-state index contributed by atoms with van der Waals surface area (Å²) in [5.74, 6) is -3.44. The lowest BCUT2D eigenvalue weighted by atomic mass is 10.1. The molecule has 3 aromatic rings. The number of aromatic hydroxyl groups is 1. The standard InChI is InChI=1S/C16H10F4N4O3S/c17-9-2-1-7(5-8(9)16(18,19)20)6-22-13(26)10-11(25)14(27)24-12(23-10)15-21-3-4-28-15/h1-5,25H,6H2,(H,22,26)(H,23,24,27). The largest absolute Gasteiger partial charge is 0.501 e. The molecule has 1 amide bonds. The fourth-order valence-electron chi connectivity index (χ4n) is 2.23. The minimum atomic E-state index is -4.89. The van der Waals surface area contributed by atoms with Crippen LogP contribution in [0.25, 0.3) is 10.8 Å². The Morgan fingerprint density at radius 2 is 2.07 bits per heavy atom. The van der Waals surface area contributed by atoms with Crippen LogP contribution in [-0.4, -0.2) is 26.0 Å². The van der Waals surface area contributed by atoms with Crippen LogP contribution in [0.2, 0.25) is 0 Å². The number of hydrogen-bond acceptors (Lipinski definition) is 6. The summed E-state index contributed by atoms with van der Waals surface area (Å²) in [5, 5.41) is 13.9. The Morgan fingerprint density at radius 1 is 1.32 bits per heavy atom. The number of aromatic amines is 1. The van der Waals surface area contributed by atoms with E-state index in [-0.39, 0.29) is 11.4 Å². The average molecular weight is 414 g/mol. The number of benzene rings is 1. The maximum absolute atomic E-state index is 13.3. The quantitative estimate of drug-likeness (QED) is 0.569. The summed E-state index contributed by atoms with van der Waals surface area (Å²) in [6.45, 7) is -0.414. The zero-order valence-corrected chi connectivity index (χ0v) is 14.5. The number of amides is 1. The zero-order valence-electron chi connectivity index (χ0n) is 13.7. The highest BCUT2D eigenvalue weighted by Gasteiger charge is 2.34. The van der Waals surface area contributed by atoms with Crippen molar-refractivity contribution in [2.45, 2.75) is 12.7 Å². The van der Waals surface area contributed by atoms with E-state index in [9.17, 15) is 32.3 Å². The molecule has 0 atom stereocenters. The summed E-state index contributed by atoms with van der Waals surface area (Å²) < 4.78 is 51.6. The second kappa shape index (κ2) is 7.38. The normalized spacial score (nSPS) is 11.4. The first kappa shape index (κ1) is 19.5. The van der Waals surface area contributed by atoms with E-state index in [1.54, 1.807) is 5.38 Å². The third kappa shape index (κ3) is 4.01. The second-order valence-electron chi connectivity index (χ2n) is 5.44. The van der Waals surface area contributed by atoms with Gasteiger partial charge in [-0.1, -0.05) is 6.07 Å². The fourth-order valence-corrected chi connectivity index (χ4v) is 2.81. The van der Waals surface area contributed by atoms with E-state index in [4.69, 9.17) is 0 Å². The first-order chi connectivity index (χ1) is 13.2. The summed E-state index contributed by atoms with van der Waals surface area (Å²) >= 11 is 1.13. The van der Waals surface area contributed by atoms with Gasteiger partial charge < -0.3 is 15.4 Å². The first-order valence-corrected chi connectivity index (χ1v) is 8.41. The van der Waals surface area contributed by atoms with Gasteiger partial charge in [-0.2, -0.15) is 13.2 Å². The minimum Gasteiger partial charge on any atom is -0.501 e. The van der Waals surface area contributed by atoms with Crippen LogP contribution < -0.4 is 10.9 Å². The lowest BCUT2D eigenvalue weighted by molar-refractivity contribution is -0.140. The number of nitrogens with zero attached hydrogens (tertiary/aromatic N) is 2. The summed E-state index contributed by atoms with van der Waals surface area (Å²) in [5.41, 5.74) is -3.10. The molecule has 7 nitrogen and oxygen atoms in total. The van der Waals surface area contributed by atoms with Gasteiger partial charge in [0.25, 0.3) is 11.5 Å². The molecule has 3 rings (SSSR count). The van der Waals surface area contributed by atoms with Crippen LogP contribution in [-0.2, 0) is 12.7 Å². The van der Waals surface area contributed by atoms with E-state index >= 15 is 0 Å². The van der Waals surface area contributed by atoms with Gasteiger partial charge in [-0.15, -0.1) is 11.3 Å². The summed E-state index contributed by atoms with van der Waals surface area (Å²) in [6, 6.07) is 2.26. The summed E-state index contributed by atoms with van der Waals surface area (Å²) in [4.78, 5) is 34.1.